The van der Waals surface area contributed by atoms with Crippen molar-refractivity contribution >= 4 is 22.4 Å². The molecule has 0 saturated heterocycles. The van der Waals surface area contributed by atoms with Crippen LogP contribution < -0.4 is 9.64 Å². The summed E-state index contributed by atoms with van der Waals surface area (Å²) in [5.41, 5.74) is 3.30. The lowest BCUT2D eigenvalue weighted by atomic mass is 10.0. The maximum atomic E-state index is 12.6. The van der Waals surface area contributed by atoms with Crippen LogP contribution in [0.3, 0.4) is 0 Å². The molecule has 0 radical (unpaired) electrons. The summed E-state index contributed by atoms with van der Waals surface area (Å²) in [6, 6.07) is 15.7. The summed E-state index contributed by atoms with van der Waals surface area (Å²) in [5.74, 6) is 1.38. The first kappa shape index (κ1) is 25.2. The molecule has 0 spiro atoms. The standard InChI is InChI=1S/C28H26F3N3O2/c1-18-16-32-25-15-21(34(2)3)8-12-24(25)27(18)36-23-10-5-19(6-11-23)14-22(35)9-4-20-7-13-26(33-17-20)28(29,30)31/h5-8,10-13,15-17H,4,9,14H2,1-3H3. The van der Waals surface area contributed by atoms with Crippen LogP contribution in [0, 0.1) is 6.92 Å². The number of hydrogen-bond donors (Lipinski definition) is 0. The van der Waals surface area contributed by atoms with Gasteiger partial charge in [0.05, 0.1) is 5.52 Å². The largest absolute Gasteiger partial charge is 0.456 e. The monoisotopic (exact) mass is 493 g/mol. The van der Waals surface area contributed by atoms with Crippen LogP contribution in [0.1, 0.15) is 28.8 Å². The van der Waals surface area contributed by atoms with Gasteiger partial charge in [-0.1, -0.05) is 18.2 Å². The molecular formula is C28H26F3N3O2. The fourth-order valence-electron chi connectivity index (χ4n) is 3.80. The maximum absolute atomic E-state index is 12.6. The molecule has 0 N–H and O–H groups in total. The van der Waals surface area contributed by atoms with Crippen molar-refractivity contribution in [3.63, 3.8) is 0 Å². The van der Waals surface area contributed by atoms with Gasteiger partial charge in [-0.25, -0.2) is 0 Å². The number of hydrogen-bond acceptors (Lipinski definition) is 5. The van der Waals surface area contributed by atoms with Gasteiger partial charge in [-0.15, -0.1) is 0 Å². The fraction of sp³-hybridized carbons (Fsp3) is 0.250. The number of rotatable bonds is 8. The van der Waals surface area contributed by atoms with Crippen molar-refractivity contribution in [1.29, 1.82) is 0 Å². The van der Waals surface area contributed by atoms with Crippen LogP contribution in [-0.4, -0.2) is 29.8 Å². The average Bonchev–Trinajstić information content (AvgIpc) is 2.85. The Morgan fingerprint density at radius 1 is 0.944 bits per heavy atom. The van der Waals surface area contributed by atoms with E-state index in [1.165, 1.54) is 12.3 Å². The third-order valence-electron chi connectivity index (χ3n) is 5.85. The van der Waals surface area contributed by atoms with Crippen molar-refractivity contribution in [2.24, 2.45) is 0 Å². The Morgan fingerprint density at radius 2 is 1.67 bits per heavy atom. The van der Waals surface area contributed by atoms with E-state index in [1.807, 2.05) is 68.4 Å². The lowest BCUT2D eigenvalue weighted by molar-refractivity contribution is -0.141. The molecule has 8 heteroatoms. The SMILES string of the molecule is Cc1cnc2cc(N(C)C)ccc2c1Oc1ccc(CC(=O)CCc2ccc(C(F)(F)F)nc2)cc1. The van der Waals surface area contributed by atoms with Gasteiger partial charge in [-0.05, 0) is 60.9 Å². The number of aromatic nitrogens is 2. The number of alkyl halides is 3. The van der Waals surface area contributed by atoms with Gasteiger partial charge in [0.2, 0.25) is 0 Å². The fourth-order valence-corrected chi connectivity index (χ4v) is 3.80. The quantitative estimate of drug-likeness (QED) is 0.278. The molecule has 2 aromatic heterocycles. The summed E-state index contributed by atoms with van der Waals surface area (Å²) in [5, 5.41) is 0.914. The second-order valence-corrected chi connectivity index (χ2v) is 8.88. The minimum Gasteiger partial charge on any atom is -0.456 e. The third kappa shape index (κ3) is 6.00. The number of anilines is 1. The van der Waals surface area contributed by atoms with E-state index in [4.69, 9.17) is 4.74 Å². The van der Waals surface area contributed by atoms with Crippen LogP contribution in [-0.2, 0) is 23.8 Å². The molecular weight excluding hydrogens is 467 g/mol. The van der Waals surface area contributed by atoms with Gasteiger partial charge < -0.3 is 9.64 Å². The highest BCUT2D eigenvalue weighted by Crippen LogP contribution is 2.34. The molecule has 0 atom stereocenters. The van der Waals surface area contributed by atoms with Gasteiger partial charge in [0.1, 0.15) is 23.0 Å². The highest BCUT2D eigenvalue weighted by atomic mass is 19.4. The predicted octanol–water partition coefficient (Wildman–Crippen LogP) is 6.56. The molecule has 0 aliphatic rings. The van der Waals surface area contributed by atoms with Crippen molar-refractivity contribution < 1.29 is 22.7 Å². The zero-order chi connectivity index (χ0) is 25.9. The Hall–Kier alpha value is -3.94. The molecule has 0 bridgehead atoms. The van der Waals surface area contributed by atoms with Crippen LogP contribution in [0.25, 0.3) is 10.9 Å². The molecule has 2 aromatic carbocycles. The highest BCUT2D eigenvalue weighted by Gasteiger charge is 2.32. The summed E-state index contributed by atoms with van der Waals surface area (Å²) >= 11 is 0. The lowest BCUT2D eigenvalue weighted by Gasteiger charge is -2.15. The number of carbonyl (C=O) groups is 1. The zero-order valence-electron chi connectivity index (χ0n) is 20.3. The third-order valence-corrected chi connectivity index (χ3v) is 5.85. The summed E-state index contributed by atoms with van der Waals surface area (Å²) in [7, 11) is 3.95. The van der Waals surface area contributed by atoms with E-state index in [2.05, 4.69) is 9.97 Å². The van der Waals surface area contributed by atoms with Gasteiger partial charge in [-0.2, -0.15) is 13.2 Å². The van der Waals surface area contributed by atoms with E-state index in [1.54, 1.807) is 6.20 Å². The number of carbonyl (C=O) groups excluding carboxylic acids is 1. The number of aryl methyl sites for hydroxylation is 2. The van der Waals surface area contributed by atoms with Crippen molar-refractivity contribution in [3.8, 4) is 11.5 Å². The van der Waals surface area contributed by atoms with Crippen molar-refractivity contribution in [1.82, 2.24) is 9.97 Å². The van der Waals surface area contributed by atoms with Gasteiger partial charge in [-0.3, -0.25) is 14.8 Å². The number of halogens is 3. The number of ether oxygens (including phenoxy) is 1. The molecule has 0 unspecified atom stereocenters. The summed E-state index contributed by atoms with van der Waals surface area (Å²) in [4.78, 5) is 22.4. The van der Waals surface area contributed by atoms with E-state index in [-0.39, 0.29) is 18.6 Å². The van der Waals surface area contributed by atoms with Gasteiger partial charge >= 0.3 is 6.18 Å². The lowest BCUT2D eigenvalue weighted by Crippen LogP contribution is -2.08. The number of pyridine rings is 2. The highest BCUT2D eigenvalue weighted by molar-refractivity contribution is 5.89. The number of ketones is 1. The number of nitrogens with zero attached hydrogens (tertiary/aromatic N) is 3. The average molecular weight is 494 g/mol. The minimum atomic E-state index is -4.47. The second kappa shape index (κ2) is 10.4. The molecule has 0 aliphatic carbocycles. The minimum absolute atomic E-state index is 0.00349. The molecule has 0 aliphatic heterocycles. The zero-order valence-corrected chi connectivity index (χ0v) is 20.3. The van der Waals surface area contributed by atoms with Crippen LogP contribution in [0.15, 0.2) is 67.0 Å². The molecule has 0 saturated carbocycles. The first-order valence-corrected chi connectivity index (χ1v) is 11.5. The summed E-state index contributed by atoms with van der Waals surface area (Å²) in [6.07, 6.45) is -0.704. The molecule has 4 aromatic rings. The summed E-state index contributed by atoms with van der Waals surface area (Å²) in [6.45, 7) is 1.95. The van der Waals surface area contributed by atoms with E-state index >= 15 is 0 Å². The topological polar surface area (TPSA) is 55.3 Å². The second-order valence-electron chi connectivity index (χ2n) is 8.88. The molecule has 2 heterocycles. The predicted molar refractivity (Wildman–Crippen MR) is 134 cm³/mol. The normalized spacial score (nSPS) is 11.5. The van der Waals surface area contributed by atoms with E-state index in [0.717, 1.165) is 39.5 Å². The van der Waals surface area contributed by atoms with E-state index < -0.39 is 11.9 Å². The Bertz CT molecular complexity index is 1370. The van der Waals surface area contributed by atoms with Crippen molar-refractivity contribution in [2.75, 3.05) is 19.0 Å². The molecule has 36 heavy (non-hydrogen) atoms. The van der Waals surface area contributed by atoms with Crippen LogP contribution in [0.2, 0.25) is 0 Å². The van der Waals surface area contributed by atoms with E-state index in [0.29, 0.717) is 17.7 Å². The number of benzene rings is 2. The Labute approximate surface area is 207 Å². The Morgan fingerprint density at radius 3 is 2.31 bits per heavy atom. The first-order valence-electron chi connectivity index (χ1n) is 11.5. The van der Waals surface area contributed by atoms with Crippen molar-refractivity contribution in [3.05, 3.63) is 89.4 Å². The Balaban J connectivity index is 1.38. The number of Topliss-reactive ketones (excluding diaryl/α,β-unsaturated/α-hetero) is 1. The molecule has 5 nitrogen and oxygen atoms in total. The smallest absolute Gasteiger partial charge is 0.433 e. The van der Waals surface area contributed by atoms with Crippen LogP contribution in [0.4, 0.5) is 18.9 Å². The maximum Gasteiger partial charge on any atom is 0.433 e. The van der Waals surface area contributed by atoms with E-state index in [9.17, 15) is 18.0 Å². The number of fused-ring (bicyclic) bond motifs is 1. The molecule has 0 fully saturated rings. The Kier molecular flexibility index (Phi) is 7.24. The van der Waals surface area contributed by atoms with Gasteiger partial charge in [0.15, 0.2) is 0 Å². The van der Waals surface area contributed by atoms with Gasteiger partial charge in [0, 0.05) is 56.0 Å². The van der Waals surface area contributed by atoms with Crippen LogP contribution in [0.5, 0.6) is 11.5 Å². The molecule has 0 amide bonds. The molecule has 4 rings (SSSR count). The molecule has 186 valence electrons. The first-order chi connectivity index (χ1) is 17.1. The van der Waals surface area contributed by atoms with Gasteiger partial charge in [0.25, 0.3) is 0 Å². The van der Waals surface area contributed by atoms with Crippen LogP contribution >= 0.6 is 0 Å². The van der Waals surface area contributed by atoms with Crippen molar-refractivity contribution in [2.45, 2.75) is 32.4 Å². The summed E-state index contributed by atoms with van der Waals surface area (Å²) < 4.78 is 44.1.